The van der Waals surface area contributed by atoms with Crippen molar-refractivity contribution in [3.8, 4) is 0 Å². The molecule has 0 radical (unpaired) electrons. The maximum absolute atomic E-state index is 8.80. The minimum atomic E-state index is 0.166. The maximum atomic E-state index is 8.80. The summed E-state index contributed by atoms with van der Waals surface area (Å²) in [6, 6.07) is 4.89. The fraction of sp³-hybridized carbons (Fsp3) is 0.588. The van der Waals surface area contributed by atoms with Crippen LogP contribution in [0.25, 0.3) is 0 Å². The lowest BCUT2D eigenvalue weighted by atomic mass is 9.78. The first-order valence-electron chi connectivity index (χ1n) is 7.39. The predicted octanol–water partition coefficient (Wildman–Crippen LogP) is 4.30. The van der Waals surface area contributed by atoms with Gasteiger partial charge in [-0.3, -0.25) is 0 Å². The molecule has 3 nitrogen and oxygen atoms in total. The number of hydrogen-bond acceptors (Lipinski definition) is 3. The van der Waals surface area contributed by atoms with E-state index in [0.29, 0.717) is 12.0 Å². The van der Waals surface area contributed by atoms with E-state index in [4.69, 9.17) is 5.21 Å². The van der Waals surface area contributed by atoms with E-state index in [1.54, 1.807) is 0 Å². The number of nitrogens with zero attached hydrogens (tertiary/aromatic N) is 2. The van der Waals surface area contributed by atoms with Gasteiger partial charge in [0.2, 0.25) is 0 Å². The van der Waals surface area contributed by atoms with Crippen LogP contribution >= 0.6 is 0 Å². The van der Waals surface area contributed by atoms with Crippen molar-refractivity contribution < 1.29 is 5.21 Å². The smallest absolute Gasteiger partial charge is 0.0736 e. The van der Waals surface area contributed by atoms with Crippen molar-refractivity contribution in [1.29, 1.82) is 0 Å². The molecule has 0 saturated heterocycles. The van der Waals surface area contributed by atoms with Crippen LogP contribution in [0.15, 0.2) is 17.3 Å². The normalized spacial score (nSPS) is 21.6. The highest BCUT2D eigenvalue weighted by molar-refractivity contribution is 5.83. The molecule has 3 heteroatoms. The predicted molar refractivity (Wildman–Crippen MR) is 85.3 cm³/mol. The van der Waals surface area contributed by atoms with Gasteiger partial charge in [-0.25, -0.2) is 0 Å². The lowest BCUT2D eigenvalue weighted by molar-refractivity contribution is 0.321. The van der Waals surface area contributed by atoms with Crippen molar-refractivity contribution in [3.63, 3.8) is 0 Å². The van der Waals surface area contributed by atoms with E-state index in [1.807, 2.05) is 0 Å². The van der Waals surface area contributed by atoms with Crippen LogP contribution in [0.2, 0.25) is 0 Å². The average molecular weight is 274 g/mol. The molecular weight excluding hydrogens is 248 g/mol. The summed E-state index contributed by atoms with van der Waals surface area (Å²) < 4.78 is 0. The summed E-state index contributed by atoms with van der Waals surface area (Å²) in [4.78, 5) is 2.52. The summed E-state index contributed by atoms with van der Waals surface area (Å²) in [5.41, 5.74) is 5.01. The first kappa shape index (κ1) is 14.9. The van der Waals surface area contributed by atoms with Crippen LogP contribution in [0.4, 0.5) is 5.69 Å². The second-order valence-electron chi connectivity index (χ2n) is 6.89. The van der Waals surface area contributed by atoms with Gasteiger partial charge in [0.05, 0.1) is 6.21 Å². The largest absolute Gasteiger partial charge is 0.411 e. The minimum Gasteiger partial charge on any atom is -0.411 e. The molecule has 1 aliphatic rings. The van der Waals surface area contributed by atoms with Crippen LogP contribution in [0.5, 0.6) is 0 Å². The topological polar surface area (TPSA) is 35.8 Å². The number of fused-ring (bicyclic) bond motifs is 1. The van der Waals surface area contributed by atoms with Gasteiger partial charge in [-0.15, -0.1) is 0 Å². The molecule has 0 fully saturated rings. The summed E-state index contributed by atoms with van der Waals surface area (Å²) in [6.07, 6.45) is 2.67. The number of anilines is 1. The molecule has 1 N–H and O–H groups in total. The Morgan fingerprint density at radius 1 is 1.40 bits per heavy atom. The Bertz CT molecular complexity index is 532. The maximum Gasteiger partial charge on any atom is 0.0736 e. The Balaban J connectivity index is 2.63. The van der Waals surface area contributed by atoms with Crippen molar-refractivity contribution in [3.05, 3.63) is 28.8 Å². The zero-order valence-corrected chi connectivity index (χ0v) is 13.4. The molecule has 1 aliphatic heterocycles. The summed E-state index contributed by atoms with van der Waals surface area (Å²) in [5, 5.41) is 12.0. The van der Waals surface area contributed by atoms with Crippen LogP contribution in [-0.4, -0.2) is 23.0 Å². The zero-order chi connectivity index (χ0) is 15.1. The SMILES string of the molecule is Cc1cc2c(cc1C=NO)[C@H](C)CC(C)(C)N2C(C)C. The van der Waals surface area contributed by atoms with Crippen LogP contribution in [0.3, 0.4) is 0 Å². The Morgan fingerprint density at radius 3 is 2.60 bits per heavy atom. The fourth-order valence-corrected chi connectivity index (χ4v) is 3.79. The molecule has 1 heterocycles. The third-order valence-corrected chi connectivity index (χ3v) is 4.38. The van der Waals surface area contributed by atoms with Gasteiger partial charge in [-0.2, -0.15) is 0 Å². The fourth-order valence-electron chi connectivity index (χ4n) is 3.79. The Morgan fingerprint density at radius 2 is 2.05 bits per heavy atom. The van der Waals surface area contributed by atoms with E-state index in [0.717, 1.165) is 17.5 Å². The minimum absolute atomic E-state index is 0.166. The van der Waals surface area contributed by atoms with Crippen molar-refractivity contribution in [2.45, 2.75) is 65.5 Å². The second-order valence-corrected chi connectivity index (χ2v) is 6.89. The zero-order valence-electron chi connectivity index (χ0n) is 13.4. The van der Waals surface area contributed by atoms with Crippen molar-refractivity contribution >= 4 is 11.9 Å². The molecule has 0 spiro atoms. The van der Waals surface area contributed by atoms with Crippen molar-refractivity contribution in [2.24, 2.45) is 5.16 Å². The van der Waals surface area contributed by atoms with Gasteiger partial charge in [-0.1, -0.05) is 12.1 Å². The number of oxime groups is 1. The summed E-state index contributed by atoms with van der Waals surface area (Å²) in [5.74, 6) is 0.515. The number of benzene rings is 1. The van der Waals surface area contributed by atoms with Gasteiger partial charge in [0.1, 0.15) is 0 Å². The third-order valence-electron chi connectivity index (χ3n) is 4.38. The number of aryl methyl sites for hydroxylation is 1. The molecule has 0 saturated carbocycles. The lowest BCUT2D eigenvalue weighted by Crippen LogP contribution is -2.51. The van der Waals surface area contributed by atoms with Gasteiger partial charge < -0.3 is 10.1 Å². The molecule has 110 valence electrons. The van der Waals surface area contributed by atoms with E-state index in [-0.39, 0.29) is 5.54 Å². The van der Waals surface area contributed by atoms with Gasteiger partial charge in [-0.05, 0) is 75.8 Å². The molecule has 2 rings (SSSR count). The van der Waals surface area contributed by atoms with Crippen LogP contribution in [0, 0.1) is 6.92 Å². The second kappa shape index (κ2) is 5.12. The quantitative estimate of drug-likeness (QED) is 0.496. The average Bonchev–Trinajstić information content (AvgIpc) is 2.29. The highest BCUT2D eigenvalue weighted by atomic mass is 16.4. The van der Waals surface area contributed by atoms with E-state index >= 15 is 0 Å². The van der Waals surface area contributed by atoms with Crippen molar-refractivity contribution in [2.75, 3.05) is 4.90 Å². The first-order valence-corrected chi connectivity index (χ1v) is 7.39. The van der Waals surface area contributed by atoms with Crippen LogP contribution in [0.1, 0.15) is 63.6 Å². The monoisotopic (exact) mass is 274 g/mol. The Hall–Kier alpha value is -1.51. The van der Waals surface area contributed by atoms with Gasteiger partial charge in [0, 0.05) is 17.3 Å². The van der Waals surface area contributed by atoms with E-state index in [1.165, 1.54) is 17.5 Å². The summed E-state index contributed by atoms with van der Waals surface area (Å²) in [7, 11) is 0. The van der Waals surface area contributed by atoms with E-state index < -0.39 is 0 Å². The summed E-state index contributed by atoms with van der Waals surface area (Å²) >= 11 is 0. The van der Waals surface area contributed by atoms with E-state index in [9.17, 15) is 0 Å². The molecule has 0 aromatic heterocycles. The molecule has 0 amide bonds. The molecule has 1 aromatic carbocycles. The standard InChI is InChI=1S/C17H26N2O/c1-11(2)19-16-7-12(3)14(10-18-20)8-15(16)13(4)9-17(19,5)6/h7-8,10-11,13,20H,9H2,1-6H3/t13-/m1/s1. The third kappa shape index (κ3) is 2.41. The summed E-state index contributed by atoms with van der Waals surface area (Å²) in [6.45, 7) is 13.5. The van der Waals surface area contributed by atoms with Crippen molar-refractivity contribution in [1.82, 2.24) is 0 Å². The molecule has 1 atom stereocenters. The van der Waals surface area contributed by atoms with Gasteiger partial charge >= 0.3 is 0 Å². The van der Waals surface area contributed by atoms with Crippen LogP contribution < -0.4 is 4.90 Å². The van der Waals surface area contributed by atoms with Gasteiger partial charge in [0.15, 0.2) is 0 Å². The molecule has 0 unspecified atom stereocenters. The number of hydrogen-bond donors (Lipinski definition) is 1. The molecule has 0 bridgehead atoms. The van der Waals surface area contributed by atoms with E-state index in [2.05, 4.69) is 63.7 Å². The Kier molecular flexibility index (Phi) is 3.81. The van der Waals surface area contributed by atoms with Crippen LogP contribution in [-0.2, 0) is 0 Å². The Labute approximate surface area is 122 Å². The first-order chi connectivity index (χ1) is 9.27. The lowest BCUT2D eigenvalue weighted by Gasteiger charge is -2.50. The highest BCUT2D eigenvalue weighted by Gasteiger charge is 2.37. The van der Waals surface area contributed by atoms with Gasteiger partial charge in [0.25, 0.3) is 0 Å². The molecule has 20 heavy (non-hydrogen) atoms. The molecule has 0 aliphatic carbocycles. The molecule has 1 aromatic rings. The number of rotatable bonds is 2. The molecular formula is C17H26N2O. The highest BCUT2D eigenvalue weighted by Crippen LogP contribution is 2.45.